The van der Waals surface area contributed by atoms with Crippen LogP contribution < -0.4 is 15.8 Å². The van der Waals surface area contributed by atoms with Gasteiger partial charge in [0.15, 0.2) is 6.10 Å². The second-order valence-electron chi connectivity index (χ2n) is 4.43. The fourth-order valence-corrected chi connectivity index (χ4v) is 1.49. The van der Waals surface area contributed by atoms with Crippen molar-refractivity contribution in [1.29, 1.82) is 0 Å². The van der Waals surface area contributed by atoms with Crippen molar-refractivity contribution in [3.8, 4) is 5.75 Å². The Kier molecular flexibility index (Phi) is 5.85. The summed E-state index contributed by atoms with van der Waals surface area (Å²) in [6.45, 7) is 4.09. The number of nitrogens with two attached hydrogens (primary N) is 1. The second kappa shape index (κ2) is 7.41. The lowest BCUT2D eigenvalue weighted by atomic mass is 10.2. The lowest BCUT2D eigenvalue weighted by Gasteiger charge is -2.14. The highest BCUT2D eigenvalue weighted by atomic mass is 16.5. The van der Waals surface area contributed by atoms with Gasteiger partial charge in [0, 0.05) is 13.0 Å². The van der Waals surface area contributed by atoms with Gasteiger partial charge in [0.2, 0.25) is 5.91 Å². The van der Waals surface area contributed by atoms with E-state index < -0.39 is 6.10 Å². The molecule has 0 aliphatic heterocycles. The van der Waals surface area contributed by atoms with Gasteiger partial charge in [-0.3, -0.25) is 9.59 Å². The van der Waals surface area contributed by atoms with Crippen molar-refractivity contribution in [3.63, 3.8) is 0 Å². The first-order valence-electron chi connectivity index (χ1n) is 6.28. The number of hydrogen-bond donors (Lipinski definition) is 2. The van der Waals surface area contributed by atoms with E-state index in [0.717, 1.165) is 5.56 Å². The molecule has 0 fully saturated rings. The molecule has 0 saturated carbocycles. The molecule has 104 valence electrons. The van der Waals surface area contributed by atoms with Gasteiger partial charge < -0.3 is 15.8 Å². The highest BCUT2D eigenvalue weighted by Gasteiger charge is 2.13. The van der Waals surface area contributed by atoms with Crippen molar-refractivity contribution in [3.05, 3.63) is 29.8 Å². The molecule has 0 saturated heterocycles. The Labute approximate surface area is 113 Å². The Bertz CT molecular complexity index is 429. The van der Waals surface area contributed by atoms with E-state index in [0.29, 0.717) is 18.7 Å². The van der Waals surface area contributed by atoms with E-state index in [1.54, 1.807) is 6.92 Å². The fourth-order valence-electron chi connectivity index (χ4n) is 1.49. The van der Waals surface area contributed by atoms with Gasteiger partial charge in [-0.15, -0.1) is 0 Å². The summed E-state index contributed by atoms with van der Waals surface area (Å²) in [5.41, 5.74) is 6.14. The molecular weight excluding hydrogens is 244 g/mol. The maximum atomic E-state index is 11.7. The summed E-state index contributed by atoms with van der Waals surface area (Å²) < 4.78 is 5.51. The van der Waals surface area contributed by atoms with Crippen LogP contribution in [0.1, 0.15) is 25.3 Å². The van der Waals surface area contributed by atoms with Crippen LogP contribution in [0.15, 0.2) is 24.3 Å². The molecule has 3 N–H and O–H groups in total. The van der Waals surface area contributed by atoms with Crippen molar-refractivity contribution in [2.45, 2.75) is 32.8 Å². The maximum Gasteiger partial charge on any atom is 0.260 e. The van der Waals surface area contributed by atoms with E-state index in [1.807, 2.05) is 31.2 Å². The first-order chi connectivity index (χ1) is 8.99. The Morgan fingerprint density at radius 2 is 1.95 bits per heavy atom. The summed E-state index contributed by atoms with van der Waals surface area (Å²) in [4.78, 5) is 22.2. The molecule has 19 heavy (non-hydrogen) atoms. The molecule has 0 radical (unpaired) electrons. The summed E-state index contributed by atoms with van der Waals surface area (Å²) in [5.74, 6) is 0.0913. The van der Waals surface area contributed by atoms with E-state index in [-0.39, 0.29) is 18.2 Å². The quantitative estimate of drug-likeness (QED) is 0.725. The number of rotatable bonds is 7. The average Bonchev–Trinajstić information content (AvgIpc) is 2.36. The summed E-state index contributed by atoms with van der Waals surface area (Å²) in [6.07, 6.45) is 0.238. The van der Waals surface area contributed by atoms with Crippen molar-refractivity contribution >= 4 is 11.8 Å². The zero-order valence-electron chi connectivity index (χ0n) is 11.3. The fraction of sp³-hybridized carbons (Fsp3) is 0.429. The highest BCUT2D eigenvalue weighted by molar-refractivity contribution is 5.80. The molecule has 0 unspecified atom stereocenters. The summed E-state index contributed by atoms with van der Waals surface area (Å²) in [7, 11) is 0. The second-order valence-corrected chi connectivity index (χ2v) is 4.43. The number of nitrogens with one attached hydrogen (secondary N) is 1. The number of aryl methyl sites for hydroxylation is 1. The highest BCUT2D eigenvalue weighted by Crippen LogP contribution is 2.13. The predicted octanol–water partition coefficient (Wildman–Crippen LogP) is 1.14. The van der Waals surface area contributed by atoms with Crippen molar-refractivity contribution < 1.29 is 14.3 Å². The van der Waals surface area contributed by atoms with Gasteiger partial charge in [0.1, 0.15) is 5.75 Å². The normalized spacial score (nSPS) is 11.7. The number of amides is 2. The van der Waals surface area contributed by atoms with E-state index in [1.165, 1.54) is 0 Å². The number of ether oxygens (including phenoxy) is 1. The molecule has 1 rings (SSSR count). The SMILES string of the molecule is Cc1ccc(O[C@@H](C)C(=O)NCCCC(N)=O)cc1. The maximum absolute atomic E-state index is 11.7. The van der Waals surface area contributed by atoms with Gasteiger partial charge in [0.05, 0.1) is 0 Å². The number of benzene rings is 1. The van der Waals surface area contributed by atoms with Gasteiger partial charge in [-0.2, -0.15) is 0 Å². The van der Waals surface area contributed by atoms with E-state index in [9.17, 15) is 9.59 Å². The van der Waals surface area contributed by atoms with Crippen LogP contribution in [0.3, 0.4) is 0 Å². The van der Waals surface area contributed by atoms with Crippen molar-refractivity contribution in [2.75, 3.05) is 6.54 Å². The Morgan fingerprint density at radius 1 is 1.32 bits per heavy atom. The van der Waals surface area contributed by atoms with Crippen LogP contribution in [0.4, 0.5) is 0 Å². The Hall–Kier alpha value is -2.04. The summed E-state index contributed by atoms with van der Waals surface area (Å²) in [5, 5.41) is 2.70. The smallest absolute Gasteiger partial charge is 0.260 e. The molecule has 0 spiro atoms. The van der Waals surface area contributed by atoms with Crippen LogP contribution in [0.2, 0.25) is 0 Å². The molecule has 5 nitrogen and oxygen atoms in total. The number of carbonyl (C=O) groups excluding carboxylic acids is 2. The van der Waals surface area contributed by atoms with Crippen LogP contribution in [0.25, 0.3) is 0 Å². The van der Waals surface area contributed by atoms with Crippen LogP contribution >= 0.6 is 0 Å². The van der Waals surface area contributed by atoms with Crippen molar-refractivity contribution in [2.24, 2.45) is 5.73 Å². The van der Waals surface area contributed by atoms with Gasteiger partial charge in [-0.05, 0) is 32.4 Å². The Balaban J connectivity index is 2.32. The molecule has 1 aromatic carbocycles. The lowest BCUT2D eigenvalue weighted by Crippen LogP contribution is -2.37. The van der Waals surface area contributed by atoms with Gasteiger partial charge >= 0.3 is 0 Å². The first-order valence-corrected chi connectivity index (χ1v) is 6.28. The van der Waals surface area contributed by atoms with Gasteiger partial charge in [-0.1, -0.05) is 17.7 Å². The summed E-state index contributed by atoms with van der Waals surface area (Å²) in [6, 6.07) is 7.50. The average molecular weight is 264 g/mol. The topological polar surface area (TPSA) is 81.4 Å². The predicted molar refractivity (Wildman–Crippen MR) is 72.7 cm³/mol. The molecule has 1 aromatic rings. The largest absolute Gasteiger partial charge is 0.481 e. The van der Waals surface area contributed by atoms with E-state index in [2.05, 4.69) is 5.32 Å². The molecule has 5 heteroatoms. The van der Waals surface area contributed by atoms with Crippen LogP contribution in [0, 0.1) is 6.92 Å². The molecule has 0 bridgehead atoms. The molecule has 0 heterocycles. The molecule has 0 aliphatic rings. The molecule has 2 amide bonds. The van der Waals surface area contributed by atoms with E-state index >= 15 is 0 Å². The number of primary amides is 1. The van der Waals surface area contributed by atoms with Gasteiger partial charge in [0.25, 0.3) is 5.91 Å². The molecule has 0 aromatic heterocycles. The molecule has 0 aliphatic carbocycles. The first kappa shape index (κ1) is 15.0. The zero-order chi connectivity index (χ0) is 14.3. The third-order valence-corrected chi connectivity index (χ3v) is 2.60. The van der Waals surface area contributed by atoms with E-state index in [4.69, 9.17) is 10.5 Å². The van der Waals surface area contributed by atoms with Crippen LogP contribution in [-0.4, -0.2) is 24.5 Å². The number of hydrogen-bond acceptors (Lipinski definition) is 3. The zero-order valence-corrected chi connectivity index (χ0v) is 11.3. The minimum Gasteiger partial charge on any atom is -0.481 e. The minimum absolute atomic E-state index is 0.204. The monoisotopic (exact) mass is 264 g/mol. The standard InChI is InChI=1S/C14H20N2O3/c1-10-5-7-12(8-6-10)19-11(2)14(18)16-9-3-4-13(15)17/h5-8,11H,3-4,9H2,1-2H3,(H2,15,17)(H,16,18)/t11-/m0/s1. The lowest BCUT2D eigenvalue weighted by molar-refractivity contribution is -0.127. The Morgan fingerprint density at radius 3 is 2.53 bits per heavy atom. The summed E-state index contributed by atoms with van der Waals surface area (Å²) >= 11 is 0. The van der Waals surface area contributed by atoms with Crippen LogP contribution in [0.5, 0.6) is 5.75 Å². The third-order valence-electron chi connectivity index (χ3n) is 2.60. The number of carbonyl (C=O) groups is 2. The third kappa shape index (κ3) is 5.90. The molecular formula is C14H20N2O3. The van der Waals surface area contributed by atoms with Crippen LogP contribution in [-0.2, 0) is 9.59 Å². The van der Waals surface area contributed by atoms with Gasteiger partial charge in [-0.25, -0.2) is 0 Å². The molecule has 1 atom stereocenters. The van der Waals surface area contributed by atoms with Crippen molar-refractivity contribution in [1.82, 2.24) is 5.32 Å². The minimum atomic E-state index is -0.573.